The van der Waals surface area contributed by atoms with Crippen LogP contribution in [0.3, 0.4) is 0 Å². The highest BCUT2D eigenvalue weighted by Crippen LogP contribution is 2.59. The van der Waals surface area contributed by atoms with Gasteiger partial charge in [-0.25, -0.2) is 8.78 Å². The Bertz CT molecular complexity index is 1030. The van der Waals surface area contributed by atoms with Crippen LogP contribution in [-0.4, -0.2) is 24.2 Å². The monoisotopic (exact) mass is 604 g/mol. The minimum Gasteiger partial charge on any atom is -0.396 e. The fraction of sp³-hybridized carbons (Fsp3) is 0.235. The molecule has 0 saturated heterocycles. The van der Waals surface area contributed by atoms with Crippen molar-refractivity contribution >= 4 is 49.1 Å². The number of alkyl halides is 9. The van der Waals surface area contributed by atoms with Crippen molar-refractivity contribution in [2.45, 2.75) is 23.9 Å². The molecule has 0 aliphatic carbocycles. The molecule has 0 spiro atoms. The number of halogens is 12. The van der Waals surface area contributed by atoms with Gasteiger partial charge in [-0.1, -0.05) is 6.07 Å². The topological polar surface area (TPSA) is 55.1 Å². The van der Waals surface area contributed by atoms with Crippen molar-refractivity contribution in [1.82, 2.24) is 0 Å². The third-order valence-corrected chi connectivity index (χ3v) is 5.38. The molecule has 2 rings (SSSR count). The second-order valence-electron chi connectivity index (χ2n) is 6.21. The minimum atomic E-state index is -6.89. The number of amides is 1. The van der Waals surface area contributed by atoms with E-state index in [9.17, 15) is 48.7 Å². The second kappa shape index (κ2) is 8.39. The molecule has 0 radical (unpaired) electrons. The first kappa shape index (κ1) is 26.2. The summed E-state index contributed by atoms with van der Waals surface area (Å²) in [6.07, 6.45) is -13.6. The van der Waals surface area contributed by atoms with E-state index in [1.165, 1.54) is 6.07 Å². The maximum Gasteiger partial charge on any atom is 0.457 e. The van der Waals surface area contributed by atoms with E-state index in [1.807, 2.05) is 5.32 Å². The van der Waals surface area contributed by atoms with Crippen LogP contribution in [0.2, 0.25) is 0 Å². The molecule has 32 heavy (non-hydrogen) atoms. The molecule has 0 bridgehead atoms. The van der Waals surface area contributed by atoms with Crippen LogP contribution in [0.25, 0.3) is 0 Å². The van der Waals surface area contributed by atoms with Crippen molar-refractivity contribution in [2.75, 3.05) is 11.1 Å². The van der Waals surface area contributed by atoms with E-state index in [0.717, 1.165) is 12.1 Å². The number of carbonyl (C=O) groups excluding carboxylic acids is 1. The van der Waals surface area contributed by atoms with Crippen molar-refractivity contribution < 1.29 is 48.7 Å². The molecule has 1 unspecified atom stereocenters. The molecule has 3 N–H and O–H groups in total. The molecule has 2 aromatic rings. The standard InChI is InChI=1S/C17H8Br2F10N2O/c18-8-4-6(14(21,16(24,25)26)15(22,23)17(27,28)29)5-9(19)12(8)31-13(32)7-2-1-3-10(30)11(7)20/h1-5H,30H2,(H,31,32). The highest BCUT2D eigenvalue weighted by Gasteiger charge is 2.81. The van der Waals surface area contributed by atoms with Gasteiger partial charge in [-0.3, -0.25) is 4.79 Å². The van der Waals surface area contributed by atoms with E-state index < -0.39 is 67.1 Å². The van der Waals surface area contributed by atoms with Crippen LogP contribution >= 0.6 is 31.9 Å². The first-order chi connectivity index (χ1) is 14.4. The van der Waals surface area contributed by atoms with Crippen molar-refractivity contribution in [3.05, 3.63) is 56.2 Å². The van der Waals surface area contributed by atoms with Crippen molar-refractivity contribution in [3.8, 4) is 0 Å². The van der Waals surface area contributed by atoms with Gasteiger partial charge in [0.1, 0.15) is 0 Å². The Labute approximate surface area is 189 Å². The predicted molar refractivity (Wildman–Crippen MR) is 100 cm³/mol. The Morgan fingerprint density at radius 3 is 1.81 bits per heavy atom. The van der Waals surface area contributed by atoms with Gasteiger partial charge in [0, 0.05) is 14.5 Å². The Hall–Kier alpha value is -2.03. The number of anilines is 2. The minimum absolute atomic E-state index is 0.0107. The lowest BCUT2D eigenvalue weighted by Gasteiger charge is -2.36. The summed E-state index contributed by atoms with van der Waals surface area (Å²) in [6.45, 7) is 0. The number of hydrogen-bond acceptors (Lipinski definition) is 2. The molecule has 0 saturated carbocycles. The molecule has 0 aromatic heterocycles. The van der Waals surface area contributed by atoms with Crippen LogP contribution in [0, 0.1) is 5.82 Å². The van der Waals surface area contributed by atoms with Gasteiger partial charge in [0.2, 0.25) is 0 Å². The SMILES string of the molecule is Nc1cccc(C(=O)Nc2c(Br)cc(C(F)(C(F)(F)F)C(F)(F)C(F)(F)F)cc2Br)c1F. The molecule has 2 aromatic carbocycles. The summed E-state index contributed by atoms with van der Waals surface area (Å²) in [5, 5.41) is 2.01. The fourth-order valence-corrected chi connectivity index (χ4v) is 3.90. The molecule has 0 fully saturated rings. The number of carbonyl (C=O) groups is 1. The summed E-state index contributed by atoms with van der Waals surface area (Å²) in [6, 6.07) is 3.27. The number of rotatable bonds is 4. The molecule has 3 nitrogen and oxygen atoms in total. The van der Waals surface area contributed by atoms with Crippen LogP contribution in [0.1, 0.15) is 15.9 Å². The maximum atomic E-state index is 14.6. The predicted octanol–water partition coefficient (Wildman–Crippen LogP) is 7.11. The number of benzene rings is 2. The summed E-state index contributed by atoms with van der Waals surface area (Å²) in [7, 11) is 0. The highest BCUT2D eigenvalue weighted by molar-refractivity contribution is 9.11. The van der Waals surface area contributed by atoms with Crippen LogP contribution in [0.5, 0.6) is 0 Å². The van der Waals surface area contributed by atoms with E-state index in [0.29, 0.717) is 0 Å². The van der Waals surface area contributed by atoms with Crippen LogP contribution in [-0.2, 0) is 5.67 Å². The summed E-state index contributed by atoms with van der Waals surface area (Å²) in [5.74, 6) is -9.22. The fourth-order valence-electron chi connectivity index (χ4n) is 2.52. The molecule has 176 valence electrons. The largest absolute Gasteiger partial charge is 0.457 e. The summed E-state index contributed by atoms with van der Waals surface area (Å²) < 4.78 is 132. The van der Waals surface area contributed by atoms with Crippen LogP contribution < -0.4 is 11.1 Å². The van der Waals surface area contributed by atoms with Gasteiger partial charge in [-0.15, -0.1) is 0 Å². The first-order valence-corrected chi connectivity index (χ1v) is 9.50. The third-order valence-electron chi connectivity index (χ3n) is 4.13. The zero-order chi connectivity index (χ0) is 24.9. The van der Waals surface area contributed by atoms with Gasteiger partial charge in [0.05, 0.1) is 16.9 Å². The Balaban J connectivity index is 2.60. The lowest BCUT2D eigenvalue weighted by molar-refractivity contribution is -0.389. The second-order valence-corrected chi connectivity index (χ2v) is 7.91. The van der Waals surface area contributed by atoms with Gasteiger partial charge in [0.25, 0.3) is 5.91 Å². The van der Waals surface area contributed by atoms with E-state index in [2.05, 4.69) is 31.9 Å². The number of nitrogens with two attached hydrogens (primary N) is 1. The van der Waals surface area contributed by atoms with Gasteiger partial charge in [-0.05, 0) is 56.1 Å². The number of nitrogen functional groups attached to an aromatic ring is 1. The van der Waals surface area contributed by atoms with Gasteiger partial charge < -0.3 is 11.1 Å². The van der Waals surface area contributed by atoms with Gasteiger partial charge in [0.15, 0.2) is 5.82 Å². The van der Waals surface area contributed by atoms with Gasteiger partial charge >= 0.3 is 23.9 Å². The van der Waals surface area contributed by atoms with E-state index in [4.69, 9.17) is 5.73 Å². The summed E-state index contributed by atoms with van der Waals surface area (Å²) in [5.41, 5.74) is -4.53. The van der Waals surface area contributed by atoms with Gasteiger partial charge in [-0.2, -0.15) is 35.1 Å². The van der Waals surface area contributed by atoms with E-state index in [1.54, 1.807) is 0 Å². The highest BCUT2D eigenvalue weighted by atomic mass is 79.9. The molecule has 0 heterocycles. The van der Waals surface area contributed by atoms with Crippen molar-refractivity contribution in [2.24, 2.45) is 0 Å². The van der Waals surface area contributed by atoms with E-state index >= 15 is 0 Å². The van der Waals surface area contributed by atoms with Crippen LogP contribution in [0.4, 0.5) is 55.3 Å². The van der Waals surface area contributed by atoms with Crippen molar-refractivity contribution in [3.63, 3.8) is 0 Å². The zero-order valence-electron chi connectivity index (χ0n) is 14.9. The zero-order valence-corrected chi connectivity index (χ0v) is 18.1. The lowest BCUT2D eigenvalue weighted by atomic mass is 9.87. The van der Waals surface area contributed by atoms with Crippen LogP contribution in [0.15, 0.2) is 39.3 Å². The lowest BCUT2D eigenvalue weighted by Crippen LogP contribution is -2.59. The molecule has 0 aliphatic rings. The van der Waals surface area contributed by atoms with Crippen molar-refractivity contribution in [1.29, 1.82) is 0 Å². The molecular weight excluding hydrogens is 598 g/mol. The molecule has 0 aliphatic heterocycles. The molecule has 15 heteroatoms. The average Bonchev–Trinajstić information content (AvgIpc) is 2.63. The number of hydrogen-bond donors (Lipinski definition) is 2. The molecule has 1 amide bonds. The normalized spacial score (nSPS) is 14.8. The smallest absolute Gasteiger partial charge is 0.396 e. The quantitative estimate of drug-likeness (QED) is 0.288. The summed E-state index contributed by atoms with van der Waals surface area (Å²) in [4.78, 5) is 12.3. The summed E-state index contributed by atoms with van der Waals surface area (Å²) >= 11 is 5.17. The third kappa shape index (κ3) is 4.28. The first-order valence-electron chi connectivity index (χ1n) is 7.91. The maximum absolute atomic E-state index is 14.6. The Morgan fingerprint density at radius 2 is 1.38 bits per heavy atom. The Morgan fingerprint density at radius 1 is 0.875 bits per heavy atom. The molecular formula is C17H8Br2F10N2O. The molecule has 1 atom stereocenters. The average molecular weight is 606 g/mol. The van der Waals surface area contributed by atoms with E-state index in [-0.39, 0.29) is 12.1 Å². The Kier molecular flexibility index (Phi) is 6.88. The number of nitrogens with one attached hydrogen (secondary N) is 1.